The van der Waals surface area contributed by atoms with Gasteiger partial charge >= 0.3 is 11.9 Å². The number of nitrogens with zero attached hydrogens (tertiary/aromatic N) is 1. The number of carboxylic acids is 2. The number of hydrogen-bond donors (Lipinski definition) is 14. The lowest BCUT2D eigenvalue weighted by Gasteiger charge is -2.23. The van der Waals surface area contributed by atoms with Crippen molar-refractivity contribution in [2.75, 3.05) is 19.6 Å². The molecule has 1 aromatic heterocycles. The number of fused-ring (bicyclic) bond motifs is 1. The largest absolute Gasteiger partial charge is 0.481 e. The number of rotatable bonds is 29. The number of carbonyl (C=O) groups excluding carboxylic acids is 8. The zero-order valence-electron chi connectivity index (χ0n) is 37.2. The number of carbonyl (C=O) groups is 10. The standard InChI is InChI=1S/C43H59N13O12/c1-23(52-34(58)21-51-40(65)32(19-25-20-49-28-11-6-5-10-26(25)28)56-38(63)27(44)18-24-8-3-2-4-9-24)37(62)54-29(14-16-36(60)61)39(64)50-22-35(59)53-30(13-15-33(45)57)41(66)55-31(42(67)68)12-7-17-48-43(46)47/h2-6,8-11,20,23,27,29-32,49H,7,12-19,21-22,44H2,1H3,(H2,45,57)(H,50,64)(H,51,65)(H,52,58)(H,53,59)(H,54,62)(H,55,66)(H,56,63)(H,60,61)(H,67,68)(H4,46,47,48). The minimum atomic E-state index is -1.56. The molecule has 25 nitrogen and oxygen atoms in total. The van der Waals surface area contributed by atoms with Crippen molar-refractivity contribution in [1.29, 1.82) is 0 Å². The Morgan fingerprint density at radius 1 is 0.632 bits per heavy atom. The molecule has 3 aromatic rings. The Labute approximate surface area is 389 Å². The number of para-hydroxylation sites is 1. The second-order valence-corrected chi connectivity index (χ2v) is 15.6. The predicted molar refractivity (Wildman–Crippen MR) is 244 cm³/mol. The van der Waals surface area contributed by atoms with E-state index in [2.05, 4.69) is 47.2 Å². The van der Waals surface area contributed by atoms with Gasteiger partial charge in [-0.2, -0.15) is 0 Å². The third kappa shape index (κ3) is 19.2. The van der Waals surface area contributed by atoms with Crippen LogP contribution in [0.4, 0.5) is 0 Å². The van der Waals surface area contributed by atoms with Crippen molar-refractivity contribution in [3.8, 4) is 0 Å². The van der Waals surface area contributed by atoms with Crippen LogP contribution in [0, 0.1) is 0 Å². The van der Waals surface area contributed by atoms with Gasteiger partial charge in [-0.05, 0) is 56.2 Å². The first kappa shape index (κ1) is 54.2. The molecule has 6 unspecified atom stereocenters. The minimum absolute atomic E-state index is 0.0175. The number of benzene rings is 2. The summed E-state index contributed by atoms with van der Waals surface area (Å²) in [6.07, 6.45) is 0.131. The number of aromatic nitrogens is 1. The average Bonchev–Trinajstić information content (AvgIpc) is 3.70. The summed E-state index contributed by atoms with van der Waals surface area (Å²) in [7, 11) is 0. The molecule has 368 valence electrons. The number of hydrogen-bond acceptors (Lipinski definition) is 12. The Kier molecular flexibility index (Phi) is 21.9. The van der Waals surface area contributed by atoms with Crippen LogP contribution in [0.5, 0.6) is 0 Å². The van der Waals surface area contributed by atoms with Crippen molar-refractivity contribution in [3.05, 3.63) is 71.9 Å². The molecule has 2 aromatic carbocycles. The molecule has 0 aliphatic carbocycles. The molecule has 0 bridgehead atoms. The van der Waals surface area contributed by atoms with Gasteiger partial charge in [0.2, 0.25) is 47.3 Å². The van der Waals surface area contributed by atoms with Gasteiger partial charge in [-0.1, -0.05) is 48.5 Å². The highest BCUT2D eigenvalue weighted by molar-refractivity contribution is 5.96. The second kappa shape index (κ2) is 27.4. The maximum Gasteiger partial charge on any atom is 0.326 e. The van der Waals surface area contributed by atoms with Gasteiger partial charge in [0.15, 0.2) is 5.96 Å². The monoisotopic (exact) mass is 949 g/mol. The topological polar surface area (TPSA) is 428 Å². The van der Waals surface area contributed by atoms with Crippen LogP contribution in [0.3, 0.4) is 0 Å². The molecule has 0 spiro atoms. The summed E-state index contributed by atoms with van der Waals surface area (Å²) in [6.45, 7) is -0.166. The van der Waals surface area contributed by atoms with E-state index in [-0.39, 0.29) is 44.6 Å². The summed E-state index contributed by atoms with van der Waals surface area (Å²) in [4.78, 5) is 134. The molecule has 0 aliphatic heterocycles. The molecule has 3 rings (SSSR count). The quantitative estimate of drug-likeness (QED) is 0.0180. The fraction of sp³-hybridized carbons (Fsp3) is 0.419. The summed E-state index contributed by atoms with van der Waals surface area (Å²) in [6, 6.07) is 8.31. The van der Waals surface area contributed by atoms with E-state index in [1.54, 1.807) is 30.5 Å². The highest BCUT2D eigenvalue weighted by Gasteiger charge is 2.30. The maximum atomic E-state index is 13.6. The van der Waals surface area contributed by atoms with Gasteiger partial charge < -0.3 is 75.3 Å². The molecular weight excluding hydrogens is 891 g/mol. The lowest BCUT2D eigenvalue weighted by molar-refractivity contribution is -0.142. The van der Waals surface area contributed by atoms with E-state index in [0.29, 0.717) is 5.56 Å². The van der Waals surface area contributed by atoms with Crippen LogP contribution in [-0.2, 0) is 60.8 Å². The molecule has 1 heterocycles. The fourth-order valence-electron chi connectivity index (χ4n) is 6.58. The van der Waals surface area contributed by atoms with E-state index in [9.17, 15) is 58.2 Å². The molecule has 68 heavy (non-hydrogen) atoms. The summed E-state index contributed by atoms with van der Waals surface area (Å²) < 4.78 is 0. The summed E-state index contributed by atoms with van der Waals surface area (Å²) in [5, 5.41) is 36.3. The molecule has 0 fully saturated rings. The highest BCUT2D eigenvalue weighted by atomic mass is 16.4. The minimum Gasteiger partial charge on any atom is -0.481 e. The lowest BCUT2D eigenvalue weighted by Crippen LogP contribution is -2.56. The van der Waals surface area contributed by atoms with Gasteiger partial charge in [-0.15, -0.1) is 0 Å². The van der Waals surface area contributed by atoms with Gasteiger partial charge in [0.25, 0.3) is 0 Å². The van der Waals surface area contributed by atoms with E-state index in [1.807, 2.05) is 30.3 Å². The zero-order valence-corrected chi connectivity index (χ0v) is 37.2. The van der Waals surface area contributed by atoms with Crippen LogP contribution in [0.1, 0.15) is 56.6 Å². The number of carboxylic acid groups (broad SMARTS) is 2. The van der Waals surface area contributed by atoms with Crippen molar-refractivity contribution < 1.29 is 58.2 Å². The van der Waals surface area contributed by atoms with E-state index >= 15 is 0 Å². The SMILES string of the molecule is CC(NC(=O)CNC(=O)C(Cc1c[nH]c2ccccc12)NC(=O)C(N)Cc1ccccc1)C(=O)NC(CCC(=O)O)C(=O)NCC(=O)NC(CCC(N)=O)C(=O)NC(CCCN=C(N)N)C(=O)O. The Balaban J connectivity index is 1.61. The molecule has 25 heteroatoms. The van der Waals surface area contributed by atoms with Crippen molar-refractivity contribution in [2.45, 2.75) is 94.5 Å². The van der Waals surface area contributed by atoms with Gasteiger partial charge in [-0.3, -0.25) is 48.1 Å². The molecule has 8 amide bonds. The smallest absolute Gasteiger partial charge is 0.326 e. The molecule has 18 N–H and O–H groups in total. The number of H-pyrrole nitrogens is 1. The number of amides is 8. The Morgan fingerprint density at radius 2 is 1.21 bits per heavy atom. The predicted octanol–water partition coefficient (Wildman–Crippen LogP) is -3.77. The van der Waals surface area contributed by atoms with Crippen LogP contribution in [0.15, 0.2) is 65.8 Å². The fourth-order valence-corrected chi connectivity index (χ4v) is 6.58. The van der Waals surface area contributed by atoms with Crippen LogP contribution in [0.2, 0.25) is 0 Å². The third-order valence-electron chi connectivity index (χ3n) is 10.2. The van der Waals surface area contributed by atoms with Crippen molar-refractivity contribution in [3.63, 3.8) is 0 Å². The van der Waals surface area contributed by atoms with Gasteiger partial charge in [0, 0.05) is 42.9 Å². The van der Waals surface area contributed by atoms with Gasteiger partial charge in [0.1, 0.15) is 30.2 Å². The van der Waals surface area contributed by atoms with Gasteiger partial charge in [0.05, 0.1) is 19.1 Å². The van der Waals surface area contributed by atoms with Crippen LogP contribution < -0.4 is 60.2 Å². The van der Waals surface area contributed by atoms with E-state index in [1.165, 1.54) is 6.92 Å². The summed E-state index contributed by atoms with van der Waals surface area (Å²) >= 11 is 0. The molecule has 0 saturated carbocycles. The first-order valence-corrected chi connectivity index (χ1v) is 21.4. The molecule has 0 saturated heterocycles. The number of nitrogens with one attached hydrogen (secondary N) is 8. The number of guanidine groups is 1. The number of aliphatic carboxylic acids is 2. The zero-order chi connectivity index (χ0) is 50.3. The Bertz CT molecular complexity index is 2300. The summed E-state index contributed by atoms with van der Waals surface area (Å²) in [5.74, 6) is -9.96. The van der Waals surface area contributed by atoms with Crippen molar-refractivity contribution >= 4 is 76.1 Å². The second-order valence-electron chi connectivity index (χ2n) is 15.6. The maximum absolute atomic E-state index is 13.6. The number of aromatic amines is 1. The van der Waals surface area contributed by atoms with Gasteiger partial charge in [-0.25, -0.2) is 4.79 Å². The van der Waals surface area contributed by atoms with Crippen LogP contribution in [0.25, 0.3) is 10.9 Å². The molecule has 6 atom stereocenters. The average molecular weight is 950 g/mol. The number of nitrogens with two attached hydrogens (primary N) is 4. The Morgan fingerprint density at radius 3 is 1.84 bits per heavy atom. The van der Waals surface area contributed by atoms with E-state index in [4.69, 9.17) is 22.9 Å². The van der Waals surface area contributed by atoms with E-state index in [0.717, 1.165) is 16.5 Å². The normalized spacial score (nSPS) is 13.4. The number of primary amides is 1. The molecule has 0 aliphatic rings. The first-order chi connectivity index (χ1) is 32.2. The van der Waals surface area contributed by atoms with Crippen LogP contribution >= 0.6 is 0 Å². The van der Waals surface area contributed by atoms with Crippen LogP contribution in [-0.4, -0.2) is 136 Å². The molecule has 0 radical (unpaired) electrons. The first-order valence-electron chi connectivity index (χ1n) is 21.4. The third-order valence-corrected chi connectivity index (χ3v) is 10.2. The molecular formula is C43H59N13O12. The highest BCUT2D eigenvalue weighted by Crippen LogP contribution is 2.19. The van der Waals surface area contributed by atoms with Crippen molar-refractivity contribution in [2.24, 2.45) is 27.9 Å². The van der Waals surface area contributed by atoms with Crippen molar-refractivity contribution in [1.82, 2.24) is 42.2 Å². The lowest BCUT2D eigenvalue weighted by atomic mass is 10.0. The Hall–Kier alpha value is -8.09. The van der Waals surface area contributed by atoms with E-state index < -0.39 is 128 Å². The number of aliphatic imine (C=N–C) groups is 1. The summed E-state index contributed by atoms with van der Waals surface area (Å²) in [5.41, 5.74) is 24.2.